The van der Waals surface area contributed by atoms with E-state index in [1.54, 1.807) is 12.1 Å². The van der Waals surface area contributed by atoms with E-state index in [0.717, 1.165) is 23.4 Å². The van der Waals surface area contributed by atoms with Gasteiger partial charge in [-0.1, -0.05) is 96.2 Å². The lowest BCUT2D eigenvalue weighted by molar-refractivity contribution is -0.154. The molecule has 3 N–H and O–H groups in total. The van der Waals surface area contributed by atoms with Crippen LogP contribution in [0.15, 0.2) is 131 Å². The van der Waals surface area contributed by atoms with Crippen LogP contribution in [-0.4, -0.2) is 69.9 Å². The number of carbonyl (C=O) groups excluding carboxylic acids is 3. The number of β-lactam (4-membered cyclic amide) rings is 1. The molecule has 1 unspecified atom stereocenters. The second-order valence-electron chi connectivity index (χ2n) is 11.5. The Labute approximate surface area is 313 Å². The van der Waals surface area contributed by atoms with E-state index >= 15 is 0 Å². The number of nitrogens with two attached hydrogens (primary N) is 1. The summed E-state index contributed by atoms with van der Waals surface area (Å²) in [5.41, 5.74) is 7.76. The van der Waals surface area contributed by atoms with Gasteiger partial charge in [0.2, 0.25) is 11.5 Å². The molecule has 2 amide bonds. The first-order valence-electron chi connectivity index (χ1n) is 15.9. The van der Waals surface area contributed by atoms with Crippen LogP contribution < -0.4 is 11.1 Å². The van der Waals surface area contributed by atoms with Gasteiger partial charge >= 0.3 is 16.1 Å². The van der Waals surface area contributed by atoms with E-state index < -0.39 is 45.4 Å². The van der Waals surface area contributed by atoms with Crippen molar-refractivity contribution >= 4 is 62.0 Å². The molecule has 2 aliphatic rings. The summed E-state index contributed by atoms with van der Waals surface area (Å²) < 4.78 is 41.2. The third-order valence-electron chi connectivity index (χ3n) is 7.89. The lowest BCUT2D eigenvalue weighted by Gasteiger charge is -2.49. The quantitative estimate of drug-likeness (QED) is 0.0271. The van der Waals surface area contributed by atoms with Gasteiger partial charge in [-0.3, -0.25) is 14.5 Å². The van der Waals surface area contributed by atoms with Gasteiger partial charge in [-0.2, -0.15) is 17.8 Å². The van der Waals surface area contributed by atoms with E-state index in [2.05, 4.69) is 26.4 Å². The number of hydrogen-bond acceptors (Lipinski definition) is 14. The summed E-state index contributed by atoms with van der Waals surface area (Å²) in [6.07, 6.45) is 2.83. The summed E-state index contributed by atoms with van der Waals surface area (Å²) in [5.74, 6) is -2.28. The highest BCUT2D eigenvalue weighted by Crippen LogP contribution is 2.42. The molecule has 272 valence electrons. The Balaban J connectivity index is 1.30. The predicted octanol–water partition coefficient (Wildman–Crippen LogP) is 4.24. The van der Waals surface area contributed by atoms with E-state index in [1.165, 1.54) is 40.9 Å². The highest BCUT2D eigenvalue weighted by Gasteiger charge is 2.55. The van der Waals surface area contributed by atoms with Crippen molar-refractivity contribution in [3.05, 3.63) is 144 Å². The first-order valence-corrected chi connectivity index (χ1v) is 19.2. The van der Waals surface area contributed by atoms with Gasteiger partial charge in [-0.15, -0.1) is 11.8 Å². The number of ether oxygens (including phenoxy) is 1. The molecule has 1 aromatic heterocycles. The van der Waals surface area contributed by atoms with Gasteiger partial charge < -0.3 is 24.8 Å². The average Bonchev–Trinajstić information content (AvgIpc) is 3.60. The van der Waals surface area contributed by atoms with Crippen LogP contribution in [0.1, 0.15) is 28.6 Å². The molecular formula is C36H32N6O8S3. The molecule has 6 rings (SSSR count). The molecule has 2 aliphatic heterocycles. The van der Waals surface area contributed by atoms with Crippen molar-refractivity contribution in [3.63, 3.8) is 0 Å². The van der Waals surface area contributed by atoms with E-state index in [1.807, 2.05) is 67.6 Å². The fourth-order valence-corrected chi connectivity index (χ4v) is 7.87. The maximum absolute atomic E-state index is 14.3. The normalized spacial score (nSPS) is 17.3. The highest BCUT2D eigenvalue weighted by molar-refractivity contribution is 8.00. The molecule has 0 saturated carbocycles. The molecule has 0 bridgehead atoms. The van der Waals surface area contributed by atoms with Gasteiger partial charge in [0, 0.05) is 17.3 Å². The molecule has 17 heteroatoms. The highest BCUT2D eigenvalue weighted by atomic mass is 32.2. The Bertz CT molecular complexity index is 2170. The van der Waals surface area contributed by atoms with Crippen molar-refractivity contribution in [1.82, 2.24) is 19.6 Å². The summed E-state index contributed by atoms with van der Waals surface area (Å²) in [4.78, 5) is 51.9. The second-order valence-corrected chi connectivity index (χ2v) is 14.9. The number of aryl methyl sites for hydroxylation is 1. The van der Waals surface area contributed by atoms with Crippen molar-refractivity contribution in [1.29, 1.82) is 0 Å². The van der Waals surface area contributed by atoms with Crippen molar-refractivity contribution in [2.45, 2.75) is 29.3 Å². The number of rotatable bonds is 14. The third-order valence-corrected chi connectivity index (χ3v) is 10.9. The number of anilines is 1. The lowest BCUT2D eigenvalue weighted by Crippen LogP contribution is -2.71. The molecule has 53 heavy (non-hydrogen) atoms. The number of nitrogen functional groups attached to an aromatic ring is 1. The zero-order chi connectivity index (χ0) is 37.5. The van der Waals surface area contributed by atoms with Gasteiger partial charge in [0.05, 0.1) is 0 Å². The number of thioether (sulfide) groups is 1. The fourth-order valence-electron chi connectivity index (χ4n) is 5.33. The van der Waals surface area contributed by atoms with Gasteiger partial charge in [-0.05, 0) is 41.8 Å². The van der Waals surface area contributed by atoms with Crippen LogP contribution in [0.3, 0.4) is 0 Å². The molecule has 0 aliphatic carbocycles. The molecular weight excluding hydrogens is 741 g/mol. The number of benzene rings is 3. The summed E-state index contributed by atoms with van der Waals surface area (Å²) >= 11 is 2.08. The number of fused-ring (bicyclic) bond motifs is 1. The van der Waals surface area contributed by atoms with Crippen molar-refractivity contribution in [2.24, 2.45) is 5.16 Å². The van der Waals surface area contributed by atoms with E-state index in [-0.39, 0.29) is 45.2 Å². The van der Waals surface area contributed by atoms with Crippen molar-refractivity contribution < 1.29 is 36.6 Å². The lowest BCUT2D eigenvalue weighted by atomic mass is 10.0. The molecule has 0 spiro atoms. The van der Waals surface area contributed by atoms with Crippen LogP contribution in [-0.2, 0) is 38.3 Å². The molecule has 4 aromatic rings. The summed E-state index contributed by atoms with van der Waals surface area (Å²) in [7, 11) is -4.19. The Hall–Kier alpha value is -5.78. The van der Waals surface area contributed by atoms with Crippen molar-refractivity contribution in [2.75, 3.05) is 18.1 Å². The Morgan fingerprint density at radius 1 is 1.08 bits per heavy atom. The van der Waals surface area contributed by atoms with Crippen LogP contribution in [0, 0.1) is 6.92 Å². The maximum atomic E-state index is 14.3. The third kappa shape index (κ3) is 8.32. The molecule has 1 saturated heterocycles. The first-order chi connectivity index (χ1) is 25.6. The van der Waals surface area contributed by atoms with Crippen LogP contribution in [0.2, 0.25) is 0 Å². The van der Waals surface area contributed by atoms with Crippen molar-refractivity contribution in [3.8, 4) is 0 Å². The first kappa shape index (κ1) is 37.0. The number of nitrogens with zero attached hydrogens (tertiary/aromatic N) is 4. The zero-order valence-corrected chi connectivity index (χ0v) is 30.5. The van der Waals surface area contributed by atoms with Crippen LogP contribution >= 0.6 is 23.3 Å². The number of oxime groups is 1. The second kappa shape index (κ2) is 16.3. The predicted molar refractivity (Wildman–Crippen MR) is 198 cm³/mol. The molecule has 1 fully saturated rings. The van der Waals surface area contributed by atoms with Gasteiger partial charge in [0.1, 0.15) is 34.9 Å². The number of amides is 2. The largest absolute Gasteiger partial charge is 0.448 e. The summed E-state index contributed by atoms with van der Waals surface area (Å²) in [5, 5.41) is 5.83. The number of esters is 1. The molecule has 3 aromatic carbocycles. The minimum Gasteiger partial charge on any atom is -0.448 e. The minimum absolute atomic E-state index is 0.0133. The standard InChI is InChI=1S/C36H32N6O8S3/c1-3-19-48-40-27(31-39-36(37)52-41-31)32(43)38-28-33(44)42-29(35(45)50-30(23-10-6-4-7-11-23)24-12-8-5-9-13-24)25(21-51-34(28)42)18-20-49-53(46,47)26-16-14-22(2)15-17-26/h3-18,20,28,30,34H,1,19,21H2,2H3,(H,38,43)(H2,37,39,41)/t28?,34-/m1/s1. The monoisotopic (exact) mass is 772 g/mol. The van der Waals surface area contributed by atoms with E-state index in [4.69, 9.17) is 19.5 Å². The summed E-state index contributed by atoms with van der Waals surface area (Å²) in [6, 6.07) is 23.2. The van der Waals surface area contributed by atoms with Crippen LogP contribution in [0.4, 0.5) is 5.13 Å². The maximum Gasteiger partial charge on any atom is 0.356 e. The fraction of sp³-hybridized carbons (Fsp3) is 0.167. The van der Waals surface area contributed by atoms with Crippen LogP contribution in [0.25, 0.3) is 0 Å². The van der Waals surface area contributed by atoms with E-state index in [0.29, 0.717) is 11.1 Å². The number of allylic oxidation sites excluding steroid dienone is 1. The Kier molecular flexibility index (Phi) is 11.4. The zero-order valence-electron chi connectivity index (χ0n) is 28.0. The molecule has 3 heterocycles. The van der Waals surface area contributed by atoms with Gasteiger partial charge in [0.15, 0.2) is 11.2 Å². The topological polar surface area (TPSA) is 192 Å². The Morgan fingerprint density at radius 3 is 2.34 bits per heavy atom. The molecule has 0 radical (unpaired) electrons. The molecule has 2 atom stereocenters. The smallest absolute Gasteiger partial charge is 0.356 e. The van der Waals surface area contributed by atoms with Gasteiger partial charge in [-0.25, -0.2) is 4.79 Å². The van der Waals surface area contributed by atoms with Crippen LogP contribution in [0.5, 0.6) is 0 Å². The summed E-state index contributed by atoms with van der Waals surface area (Å²) in [6.45, 7) is 5.36. The minimum atomic E-state index is -4.19. The molecule has 14 nitrogen and oxygen atoms in total. The number of aromatic nitrogens is 2. The number of nitrogens with one attached hydrogen (secondary N) is 1. The average molecular weight is 773 g/mol. The number of carbonyl (C=O) groups is 3. The van der Waals surface area contributed by atoms with Gasteiger partial charge in [0.25, 0.3) is 11.8 Å². The van der Waals surface area contributed by atoms with E-state index in [9.17, 15) is 22.8 Å². The number of hydrogen-bond donors (Lipinski definition) is 2. The Morgan fingerprint density at radius 2 is 1.74 bits per heavy atom. The SMILES string of the molecule is C=CCON=C(C(=O)NC1C(=O)N2C(C(=O)OC(c3ccccc3)c3ccccc3)=C(C=COS(=O)(=O)c3ccc(C)cc3)CS[C@H]12)c1nsc(N)n1.